The van der Waals surface area contributed by atoms with Crippen LogP contribution < -0.4 is 15.4 Å². The first-order valence-electron chi connectivity index (χ1n) is 9.73. The zero-order chi connectivity index (χ0) is 22.2. The minimum Gasteiger partial charge on any atom is -0.495 e. The molecule has 0 atom stereocenters. The monoisotopic (exact) mass is 437 g/mol. The van der Waals surface area contributed by atoms with Crippen LogP contribution in [0.3, 0.4) is 0 Å². The molecule has 0 aliphatic heterocycles. The summed E-state index contributed by atoms with van der Waals surface area (Å²) in [6.45, 7) is 0.555. The lowest BCUT2D eigenvalue weighted by Gasteiger charge is -2.18. The molecular weight excluding hydrogens is 414 g/mol. The van der Waals surface area contributed by atoms with Gasteiger partial charge in [-0.3, -0.25) is 9.59 Å². The number of nitrogens with zero attached hydrogens (tertiary/aromatic N) is 1. The van der Waals surface area contributed by atoms with Gasteiger partial charge in [0, 0.05) is 30.5 Å². The lowest BCUT2D eigenvalue weighted by molar-refractivity contribution is -0.114. The number of carbonyl (C=O) groups excluding carboxylic acids is 2. The van der Waals surface area contributed by atoms with E-state index < -0.39 is 0 Å². The molecule has 0 heterocycles. The molecule has 0 fully saturated rings. The zero-order valence-electron chi connectivity index (χ0n) is 17.4. The third kappa shape index (κ3) is 6.23. The number of methoxy groups -OCH3 is 1. The molecule has 2 N–H and O–H groups in total. The third-order valence-electron chi connectivity index (χ3n) is 4.61. The van der Waals surface area contributed by atoms with Crippen LogP contribution in [-0.2, 0) is 11.3 Å². The number of nitrogens with one attached hydrogen (secondary N) is 2. The Morgan fingerprint density at radius 3 is 2.45 bits per heavy atom. The second-order valence-corrected chi connectivity index (χ2v) is 7.39. The van der Waals surface area contributed by atoms with Gasteiger partial charge in [0.2, 0.25) is 5.91 Å². The molecule has 3 aromatic carbocycles. The summed E-state index contributed by atoms with van der Waals surface area (Å²) in [4.78, 5) is 26.7. The molecule has 0 spiro atoms. The Hall–Kier alpha value is -3.51. The number of halogens is 1. The molecule has 0 aliphatic carbocycles. The van der Waals surface area contributed by atoms with Gasteiger partial charge in [-0.2, -0.15) is 0 Å². The summed E-state index contributed by atoms with van der Waals surface area (Å²) < 4.78 is 5.12. The zero-order valence-corrected chi connectivity index (χ0v) is 18.1. The quantitative estimate of drug-likeness (QED) is 0.537. The smallest absolute Gasteiger partial charge is 0.253 e. The fraction of sp³-hybridized carbons (Fsp3) is 0.167. The van der Waals surface area contributed by atoms with Crippen LogP contribution in [0.1, 0.15) is 15.9 Å². The molecule has 0 radical (unpaired) electrons. The summed E-state index contributed by atoms with van der Waals surface area (Å²) in [5.41, 5.74) is 2.81. The van der Waals surface area contributed by atoms with Crippen molar-refractivity contribution in [3.05, 3.63) is 88.9 Å². The summed E-state index contributed by atoms with van der Waals surface area (Å²) >= 11 is 6.10. The van der Waals surface area contributed by atoms with Crippen molar-refractivity contribution < 1.29 is 14.3 Å². The van der Waals surface area contributed by atoms with Crippen LogP contribution in [0.25, 0.3) is 0 Å². The van der Waals surface area contributed by atoms with Gasteiger partial charge in [-0.05, 0) is 42.0 Å². The summed E-state index contributed by atoms with van der Waals surface area (Å²) in [6, 6.07) is 21.9. The van der Waals surface area contributed by atoms with Crippen LogP contribution in [0.2, 0.25) is 5.02 Å². The first-order chi connectivity index (χ1) is 15.0. The average molecular weight is 438 g/mol. The Morgan fingerprint density at radius 2 is 1.74 bits per heavy atom. The summed E-state index contributed by atoms with van der Waals surface area (Å²) in [5, 5.41) is 6.27. The molecule has 160 valence electrons. The van der Waals surface area contributed by atoms with Gasteiger partial charge in [0.15, 0.2) is 0 Å². The van der Waals surface area contributed by atoms with Crippen LogP contribution in [0.4, 0.5) is 11.4 Å². The minimum absolute atomic E-state index is 0.0503. The molecule has 31 heavy (non-hydrogen) atoms. The first-order valence-corrected chi connectivity index (χ1v) is 10.1. The molecule has 0 saturated carbocycles. The van der Waals surface area contributed by atoms with Crippen molar-refractivity contribution in [3.8, 4) is 5.75 Å². The Balaban J connectivity index is 1.57. The van der Waals surface area contributed by atoms with Crippen molar-refractivity contribution in [1.29, 1.82) is 0 Å². The Morgan fingerprint density at radius 1 is 0.968 bits per heavy atom. The number of anilines is 2. The van der Waals surface area contributed by atoms with Gasteiger partial charge in [0.25, 0.3) is 5.91 Å². The van der Waals surface area contributed by atoms with Crippen LogP contribution in [0.15, 0.2) is 72.8 Å². The van der Waals surface area contributed by atoms with Crippen LogP contribution >= 0.6 is 11.6 Å². The van der Waals surface area contributed by atoms with Crippen molar-refractivity contribution in [2.75, 3.05) is 31.3 Å². The number of hydrogen-bond donors (Lipinski definition) is 2. The summed E-state index contributed by atoms with van der Waals surface area (Å²) in [6.07, 6.45) is 0. The minimum atomic E-state index is -0.242. The normalized spacial score (nSPS) is 10.3. The Bertz CT molecular complexity index is 1060. The van der Waals surface area contributed by atoms with E-state index in [0.717, 1.165) is 5.56 Å². The number of benzene rings is 3. The predicted molar refractivity (Wildman–Crippen MR) is 124 cm³/mol. The van der Waals surface area contributed by atoms with Gasteiger partial charge < -0.3 is 20.3 Å². The van der Waals surface area contributed by atoms with Crippen molar-refractivity contribution in [3.63, 3.8) is 0 Å². The molecule has 6 nitrogen and oxygen atoms in total. The molecule has 0 unspecified atom stereocenters. The van der Waals surface area contributed by atoms with Crippen LogP contribution in [-0.4, -0.2) is 37.4 Å². The topological polar surface area (TPSA) is 70.7 Å². The number of carbonyl (C=O) groups is 2. The average Bonchev–Trinajstić information content (AvgIpc) is 2.78. The largest absolute Gasteiger partial charge is 0.495 e. The second kappa shape index (κ2) is 10.5. The molecule has 3 rings (SSSR count). The highest BCUT2D eigenvalue weighted by atomic mass is 35.5. The van der Waals surface area contributed by atoms with E-state index in [1.807, 2.05) is 30.3 Å². The van der Waals surface area contributed by atoms with Gasteiger partial charge in [0.1, 0.15) is 5.75 Å². The molecule has 0 aliphatic rings. The number of amides is 2. The van der Waals surface area contributed by atoms with E-state index in [1.54, 1.807) is 61.5 Å². The van der Waals surface area contributed by atoms with E-state index in [-0.39, 0.29) is 18.4 Å². The fourth-order valence-corrected chi connectivity index (χ4v) is 3.30. The van der Waals surface area contributed by atoms with Gasteiger partial charge >= 0.3 is 0 Å². The molecule has 0 aromatic heterocycles. The molecular formula is C24H24ClN3O3. The van der Waals surface area contributed by atoms with Crippen molar-refractivity contribution in [1.82, 2.24) is 4.90 Å². The lowest BCUT2D eigenvalue weighted by atomic mass is 10.1. The van der Waals surface area contributed by atoms with Crippen LogP contribution in [0, 0.1) is 0 Å². The lowest BCUT2D eigenvalue weighted by Crippen LogP contribution is -2.26. The van der Waals surface area contributed by atoms with Gasteiger partial charge in [-0.25, -0.2) is 0 Å². The number of rotatable bonds is 8. The molecule has 7 heteroatoms. The van der Waals surface area contributed by atoms with E-state index in [4.69, 9.17) is 16.3 Å². The van der Waals surface area contributed by atoms with E-state index >= 15 is 0 Å². The van der Waals surface area contributed by atoms with E-state index in [1.165, 1.54) is 0 Å². The number of hydrogen-bond acceptors (Lipinski definition) is 4. The maximum Gasteiger partial charge on any atom is 0.253 e. The second-order valence-electron chi connectivity index (χ2n) is 6.98. The van der Waals surface area contributed by atoms with Gasteiger partial charge in [-0.15, -0.1) is 0 Å². The third-order valence-corrected chi connectivity index (χ3v) is 4.90. The number of ether oxygens (including phenoxy) is 1. The maximum atomic E-state index is 12.8. The molecule has 0 bridgehead atoms. The highest BCUT2D eigenvalue weighted by Gasteiger charge is 2.13. The highest BCUT2D eigenvalue weighted by molar-refractivity contribution is 6.32. The highest BCUT2D eigenvalue weighted by Crippen LogP contribution is 2.27. The van der Waals surface area contributed by atoms with E-state index in [9.17, 15) is 9.59 Å². The predicted octanol–water partition coefficient (Wildman–Crippen LogP) is 4.67. The van der Waals surface area contributed by atoms with E-state index in [0.29, 0.717) is 34.3 Å². The molecule has 3 aromatic rings. The van der Waals surface area contributed by atoms with Crippen molar-refractivity contribution >= 4 is 34.8 Å². The van der Waals surface area contributed by atoms with Gasteiger partial charge in [0.05, 0.1) is 18.7 Å². The SMILES string of the molecule is COc1ccc(NCC(=O)Nc2cccc(C(=O)N(C)Cc3ccccc3)c2)cc1Cl. The Kier molecular flexibility index (Phi) is 7.51. The summed E-state index contributed by atoms with van der Waals surface area (Å²) in [5.74, 6) is 0.204. The van der Waals surface area contributed by atoms with Crippen molar-refractivity contribution in [2.24, 2.45) is 0 Å². The standard InChI is InChI=1S/C24H24ClN3O3/c1-28(16-17-7-4-3-5-8-17)24(30)18-9-6-10-20(13-18)27-23(29)15-26-19-11-12-22(31-2)21(25)14-19/h3-14,26H,15-16H2,1-2H3,(H,27,29). The van der Waals surface area contributed by atoms with Crippen molar-refractivity contribution in [2.45, 2.75) is 6.54 Å². The first kappa shape index (κ1) is 22.2. The van der Waals surface area contributed by atoms with Gasteiger partial charge in [-0.1, -0.05) is 48.0 Å². The van der Waals surface area contributed by atoms with Crippen LogP contribution in [0.5, 0.6) is 5.75 Å². The van der Waals surface area contributed by atoms with E-state index in [2.05, 4.69) is 10.6 Å². The molecule has 0 saturated heterocycles. The Labute approximate surface area is 186 Å². The fourth-order valence-electron chi connectivity index (χ4n) is 3.04. The molecule has 2 amide bonds. The summed E-state index contributed by atoms with van der Waals surface area (Å²) in [7, 11) is 3.30. The maximum absolute atomic E-state index is 12.8.